The van der Waals surface area contributed by atoms with Crippen molar-refractivity contribution in [2.75, 3.05) is 0 Å². The molecule has 0 saturated carbocycles. The first kappa shape index (κ1) is 13.5. The maximum atomic E-state index is 11.9. The predicted octanol–water partition coefficient (Wildman–Crippen LogP) is 2.41. The summed E-state index contributed by atoms with van der Waals surface area (Å²) in [5.74, 6) is -2.21. The van der Waals surface area contributed by atoms with Crippen LogP contribution >= 0.6 is 0 Å². The van der Waals surface area contributed by atoms with Crippen molar-refractivity contribution < 1.29 is 25.2 Å². The first-order valence-corrected chi connectivity index (χ1v) is 5.75. The second-order valence-corrected chi connectivity index (χ2v) is 4.09. The van der Waals surface area contributed by atoms with E-state index < -0.39 is 23.0 Å². The molecule has 0 unspecified atom stereocenters. The van der Waals surface area contributed by atoms with Gasteiger partial charge in [-0.05, 0) is 36.4 Å². The van der Waals surface area contributed by atoms with Crippen LogP contribution in [0.5, 0.6) is 23.0 Å². The van der Waals surface area contributed by atoms with Crippen LogP contribution in [0.4, 0.5) is 0 Å². The largest absolute Gasteiger partial charge is 0.507 e. The molecule has 5 heteroatoms. The molecule has 0 heterocycles. The van der Waals surface area contributed by atoms with E-state index >= 15 is 0 Å². The molecule has 2 aromatic rings. The number of hydrogen-bond acceptors (Lipinski definition) is 5. The highest BCUT2D eigenvalue weighted by atomic mass is 16.3. The number of allylic oxidation sites excluding steroid dienone is 1. The van der Waals surface area contributed by atoms with Crippen LogP contribution in [0.2, 0.25) is 0 Å². The molecule has 0 amide bonds. The summed E-state index contributed by atoms with van der Waals surface area (Å²) < 4.78 is 0. The Bertz CT molecular complexity index is 689. The molecule has 0 atom stereocenters. The van der Waals surface area contributed by atoms with Gasteiger partial charge >= 0.3 is 0 Å². The van der Waals surface area contributed by atoms with Crippen molar-refractivity contribution in [3.8, 4) is 23.0 Å². The van der Waals surface area contributed by atoms with E-state index in [2.05, 4.69) is 0 Å². The standard InChI is InChI=1S/C15H12O5/c16-11-4-2-1-3-10(11)12(17)7-5-9-6-8-13(18)15(20)14(9)19/h1-8,16,18-20H/b7-5+. The van der Waals surface area contributed by atoms with Gasteiger partial charge in [0.2, 0.25) is 5.75 Å². The maximum absolute atomic E-state index is 11.9. The zero-order chi connectivity index (χ0) is 14.7. The number of rotatable bonds is 3. The highest BCUT2D eigenvalue weighted by Gasteiger charge is 2.10. The van der Waals surface area contributed by atoms with Crippen LogP contribution in [-0.4, -0.2) is 26.2 Å². The predicted molar refractivity (Wildman–Crippen MR) is 72.9 cm³/mol. The molecule has 5 nitrogen and oxygen atoms in total. The normalized spacial score (nSPS) is 10.8. The second-order valence-electron chi connectivity index (χ2n) is 4.09. The average molecular weight is 272 g/mol. The number of aromatic hydroxyl groups is 4. The number of phenolic OH excluding ortho intramolecular Hbond substituents is 4. The van der Waals surface area contributed by atoms with Crippen molar-refractivity contribution in [2.24, 2.45) is 0 Å². The average Bonchev–Trinajstić information content (AvgIpc) is 2.44. The Morgan fingerprint density at radius 2 is 1.55 bits per heavy atom. The Balaban J connectivity index is 2.29. The van der Waals surface area contributed by atoms with Crippen molar-refractivity contribution in [1.82, 2.24) is 0 Å². The molecule has 0 bridgehead atoms. The molecule has 0 aromatic heterocycles. The Morgan fingerprint density at radius 3 is 2.25 bits per heavy atom. The molecule has 20 heavy (non-hydrogen) atoms. The first-order chi connectivity index (χ1) is 9.50. The summed E-state index contributed by atoms with van der Waals surface area (Å²) in [5.41, 5.74) is 0.301. The fourth-order valence-electron chi connectivity index (χ4n) is 1.66. The molecule has 2 aromatic carbocycles. The number of phenols is 4. The Kier molecular flexibility index (Phi) is 3.61. The molecule has 0 fully saturated rings. The summed E-state index contributed by atoms with van der Waals surface area (Å²) in [6, 6.07) is 8.61. The number of ketones is 1. The van der Waals surface area contributed by atoms with Crippen molar-refractivity contribution in [2.45, 2.75) is 0 Å². The summed E-state index contributed by atoms with van der Waals surface area (Å²) >= 11 is 0. The molecule has 0 aliphatic rings. The van der Waals surface area contributed by atoms with Gasteiger partial charge in [-0.15, -0.1) is 0 Å². The van der Waals surface area contributed by atoms with E-state index in [0.717, 1.165) is 6.08 Å². The summed E-state index contributed by atoms with van der Waals surface area (Å²) in [7, 11) is 0. The van der Waals surface area contributed by atoms with E-state index in [-0.39, 0.29) is 16.9 Å². The van der Waals surface area contributed by atoms with E-state index in [0.29, 0.717) is 0 Å². The second kappa shape index (κ2) is 5.36. The molecular weight excluding hydrogens is 260 g/mol. The Hall–Kier alpha value is -2.95. The monoisotopic (exact) mass is 272 g/mol. The lowest BCUT2D eigenvalue weighted by Crippen LogP contribution is -1.94. The molecule has 0 radical (unpaired) electrons. The molecule has 0 aliphatic carbocycles. The lowest BCUT2D eigenvalue weighted by molar-refractivity contribution is 0.104. The zero-order valence-electron chi connectivity index (χ0n) is 10.3. The van der Waals surface area contributed by atoms with Gasteiger partial charge in [-0.2, -0.15) is 0 Å². The molecular formula is C15H12O5. The van der Waals surface area contributed by atoms with Crippen LogP contribution in [0, 0.1) is 0 Å². The van der Waals surface area contributed by atoms with Crippen LogP contribution in [-0.2, 0) is 0 Å². The lowest BCUT2D eigenvalue weighted by atomic mass is 10.1. The number of carbonyl (C=O) groups is 1. The number of benzene rings is 2. The lowest BCUT2D eigenvalue weighted by Gasteiger charge is -2.03. The van der Waals surface area contributed by atoms with Crippen LogP contribution in [0.25, 0.3) is 6.08 Å². The third-order valence-electron chi connectivity index (χ3n) is 2.74. The minimum atomic E-state index is -0.651. The summed E-state index contributed by atoms with van der Waals surface area (Å²) in [6.07, 6.45) is 2.43. The number of hydrogen-bond donors (Lipinski definition) is 4. The minimum absolute atomic E-state index is 0.131. The molecule has 102 valence electrons. The maximum Gasteiger partial charge on any atom is 0.200 e. The SMILES string of the molecule is O=C(/C=C/c1ccc(O)c(O)c1O)c1ccccc1O. The van der Waals surface area contributed by atoms with E-state index in [1.165, 1.54) is 30.3 Å². The zero-order valence-corrected chi connectivity index (χ0v) is 10.3. The van der Waals surface area contributed by atoms with Gasteiger partial charge in [-0.25, -0.2) is 0 Å². The smallest absolute Gasteiger partial charge is 0.200 e. The summed E-state index contributed by atoms with van der Waals surface area (Å²) in [6.45, 7) is 0. The van der Waals surface area contributed by atoms with Crippen molar-refractivity contribution in [1.29, 1.82) is 0 Å². The van der Waals surface area contributed by atoms with Gasteiger partial charge in [0.05, 0.1) is 5.56 Å². The third kappa shape index (κ3) is 2.56. The summed E-state index contributed by atoms with van der Waals surface area (Å²) in [5, 5.41) is 37.7. The number of para-hydroxylation sites is 1. The highest BCUT2D eigenvalue weighted by molar-refractivity contribution is 6.08. The minimum Gasteiger partial charge on any atom is -0.507 e. The molecule has 4 N–H and O–H groups in total. The van der Waals surface area contributed by atoms with Crippen LogP contribution in [0.15, 0.2) is 42.5 Å². The highest BCUT2D eigenvalue weighted by Crippen LogP contribution is 2.37. The van der Waals surface area contributed by atoms with E-state index in [9.17, 15) is 25.2 Å². The Labute approximate surface area is 114 Å². The van der Waals surface area contributed by atoms with Crippen LogP contribution in [0.1, 0.15) is 15.9 Å². The van der Waals surface area contributed by atoms with Gasteiger partial charge in [0.15, 0.2) is 17.3 Å². The van der Waals surface area contributed by atoms with Crippen LogP contribution < -0.4 is 0 Å². The van der Waals surface area contributed by atoms with E-state index in [4.69, 9.17) is 0 Å². The fraction of sp³-hybridized carbons (Fsp3) is 0. The number of carbonyl (C=O) groups excluding carboxylic acids is 1. The van der Waals surface area contributed by atoms with Gasteiger partial charge in [0.25, 0.3) is 0 Å². The first-order valence-electron chi connectivity index (χ1n) is 5.75. The molecule has 0 spiro atoms. The van der Waals surface area contributed by atoms with Gasteiger partial charge in [-0.3, -0.25) is 4.79 Å². The van der Waals surface area contributed by atoms with E-state index in [1.807, 2.05) is 0 Å². The van der Waals surface area contributed by atoms with Gasteiger partial charge in [0.1, 0.15) is 5.75 Å². The molecule has 2 rings (SSSR count). The van der Waals surface area contributed by atoms with Crippen molar-refractivity contribution in [3.05, 3.63) is 53.6 Å². The van der Waals surface area contributed by atoms with Gasteiger partial charge in [-0.1, -0.05) is 12.1 Å². The molecule has 0 aliphatic heterocycles. The van der Waals surface area contributed by atoms with Crippen molar-refractivity contribution in [3.63, 3.8) is 0 Å². The topological polar surface area (TPSA) is 98.0 Å². The summed E-state index contributed by atoms with van der Waals surface area (Å²) in [4.78, 5) is 11.9. The Morgan fingerprint density at radius 1 is 0.850 bits per heavy atom. The molecule has 0 saturated heterocycles. The van der Waals surface area contributed by atoms with Crippen LogP contribution in [0.3, 0.4) is 0 Å². The van der Waals surface area contributed by atoms with Crippen molar-refractivity contribution >= 4 is 11.9 Å². The fourth-order valence-corrected chi connectivity index (χ4v) is 1.66. The quantitative estimate of drug-likeness (QED) is 0.391. The third-order valence-corrected chi connectivity index (χ3v) is 2.74. The van der Waals surface area contributed by atoms with E-state index in [1.54, 1.807) is 12.1 Å². The van der Waals surface area contributed by atoms with Gasteiger partial charge < -0.3 is 20.4 Å². The van der Waals surface area contributed by atoms with Gasteiger partial charge in [0, 0.05) is 5.56 Å².